The lowest BCUT2D eigenvalue weighted by atomic mass is 10.0. The normalized spacial score (nSPS) is 23.8. The molecule has 1 aromatic carbocycles. The predicted molar refractivity (Wildman–Crippen MR) is 78.0 cm³/mol. The zero-order valence-corrected chi connectivity index (χ0v) is 12.9. The van der Waals surface area contributed by atoms with Crippen LogP contribution in [0.15, 0.2) is 18.2 Å². The van der Waals surface area contributed by atoms with Crippen LogP contribution < -0.4 is 4.74 Å². The SMILES string of the molecule is COc1ccc(Cl)cc1C(Cl)C1CCCCS1(=O)=O. The van der Waals surface area contributed by atoms with Gasteiger partial charge < -0.3 is 4.74 Å². The first-order valence-electron chi connectivity index (χ1n) is 6.15. The minimum atomic E-state index is -3.14. The van der Waals surface area contributed by atoms with Crippen molar-refractivity contribution in [3.63, 3.8) is 0 Å². The third kappa shape index (κ3) is 3.18. The zero-order valence-electron chi connectivity index (χ0n) is 10.6. The summed E-state index contributed by atoms with van der Waals surface area (Å²) >= 11 is 12.4. The van der Waals surface area contributed by atoms with Gasteiger partial charge in [0.2, 0.25) is 0 Å². The number of hydrogen-bond acceptors (Lipinski definition) is 3. The maximum atomic E-state index is 12.1. The number of hydrogen-bond donors (Lipinski definition) is 0. The van der Waals surface area contributed by atoms with Gasteiger partial charge in [-0.15, -0.1) is 11.6 Å². The van der Waals surface area contributed by atoms with Gasteiger partial charge in [-0.3, -0.25) is 0 Å². The second kappa shape index (κ2) is 5.90. The summed E-state index contributed by atoms with van der Waals surface area (Å²) in [6.45, 7) is 0. The van der Waals surface area contributed by atoms with E-state index < -0.39 is 20.5 Å². The predicted octanol–water partition coefficient (Wildman–Crippen LogP) is 3.60. The molecule has 1 heterocycles. The Morgan fingerprint density at radius 2 is 2.11 bits per heavy atom. The molecule has 0 radical (unpaired) electrons. The second-order valence-electron chi connectivity index (χ2n) is 4.69. The highest BCUT2D eigenvalue weighted by atomic mass is 35.5. The summed E-state index contributed by atoms with van der Waals surface area (Å²) in [5, 5.41) is -0.663. The number of alkyl halides is 1. The van der Waals surface area contributed by atoms with E-state index in [2.05, 4.69) is 0 Å². The number of rotatable bonds is 3. The molecule has 1 aromatic rings. The average molecular weight is 323 g/mol. The first kappa shape index (κ1) is 14.9. The third-order valence-corrected chi connectivity index (χ3v) is 6.66. The van der Waals surface area contributed by atoms with E-state index in [0.29, 0.717) is 22.8 Å². The Hall–Kier alpha value is -0.450. The van der Waals surface area contributed by atoms with Gasteiger partial charge in [0, 0.05) is 10.6 Å². The van der Waals surface area contributed by atoms with Crippen molar-refractivity contribution < 1.29 is 13.2 Å². The molecule has 2 unspecified atom stereocenters. The van der Waals surface area contributed by atoms with Crippen LogP contribution in [0.1, 0.15) is 30.2 Å². The third-order valence-electron chi connectivity index (χ3n) is 3.44. The Bertz CT molecular complexity index is 557. The monoisotopic (exact) mass is 322 g/mol. The van der Waals surface area contributed by atoms with Gasteiger partial charge in [-0.05, 0) is 31.0 Å². The molecule has 1 saturated heterocycles. The van der Waals surface area contributed by atoms with Crippen molar-refractivity contribution in [3.8, 4) is 5.75 Å². The fourth-order valence-corrected chi connectivity index (χ4v) is 5.32. The number of ether oxygens (including phenoxy) is 1. The van der Waals surface area contributed by atoms with E-state index in [1.165, 1.54) is 7.11 Å². The van der Waals surface area contributed by atoms with Crippen LogP contribution in [0, 0.1) is 0 Å². The van der Waals surface area contributed by atoms with Gasteiger partial charge in [0.25, 0.3) is 0 Å². The molecule has 2 atom stereocenters. The molecular weight excluding hydrogens is 307 g/mol. The fraction of sp³-hybridized carbons (Fsp3) is 0.538. The Morgan fingerprint density at radius 3 is 2.74 bits per heavy atom. The summed E-state index contributed by atoms with van der Waals surface area (Å²) in [5.74, 6) is 0.786. The van der Waals surface area contributed by atoms with Gasteiger partial charge >= 0.3 is 0 Å². The number of halogens is 2. The maximum Gasteiger partial charge on any atom is 0.154 e. The summed E-state index contributed by atoms with van der Waals surface area (Å²) in [6.07, 6.45) is 2.19. The van der Waals surface area contributed by atoms with E-state index in [-0.39, 0.29) is 5.75 Å². The van der Waals surface area contributed by atoms with Gasteiger partial charge in [0.1, 0.15) is 5.75 Å². The van der Waals surface area contributed by atoms with Crippen LogP contribution in [0.3, 0.4) is 0 Å². The molecule has 106 valence electrons. The molecule has 0 aromatic heterocycles. The minimum absolute atomic E-state index is 0.212. The summed E-state index contributed by atoms with van der Waals surface area (Å²) in [4.78, 5) is 0. The van der Waals surface area contributed by atoms with E-state index in [4.69, 9.17) is 27.9 Å². The van der Waals surface area contributed by atoms with Crippen LogP contribution in [-0.2, 0) is 9.84 Å². The van der Waals surface area contributed by atoms with Gasteiger partial charge in [-0.1, -0.05) is 18.0 Å². The second-order valence-corrected chi connectivity index (χ2v) is 7.94. The molecule has 0 N–H and O–H groups in total. The summed E-state index contributed by atoms with van der Waals surface area (Å²) in [5.41, 5.74) is 0.646. The lowest BCUT2D eigenvalue weighted by Crippen LogP contribution is -2.32. The highest BCUT2D eigenvalue weighted by molar-refractivity contribution is 7.92. The van der Waals surface area contributed by atoms with Crippen molar-refractivity contribution in [2.45, 2.75) is 29.9 Å². The first-order chi connectivity index (χ1) is 8.95. The molecule has 0 amide bonds. The Balaban J connectivity index is 2.38. The average Bonchev–Trinajstić information content (AvgIpc) is 2.37. The summed E-state index contributed by atoms with van der Waals surface area (Å²) < 4.78 is 29.5. The van der Waals surface area contributed by atoms with Crippen LogP contribution in [0.2, 0.25) is 5.02 Å². The van der Waals surface area contributed by atoms with Gasteiger partial charge in [-0.25, -0.2) is 8.42 Å². The summed E-state index contributed by atoms with van der Waals surface area (Å²) in [7, 11) is -1.61. The smallest absolute Gasteiger partial charge is 0.154 e. The van der Waals surface area contributed by atoms with Gasteiger partial charge in [0.05, 0.1) is 23.5 Å². The molecule has 1 aliphatic heterocycles. The molecule has 1 fully saturated rings. The Labute approximate surface area is 123 Å². The molecule has 0 saturated carbocycles. The molecule has 2 rings (SSSR count). The molecule has 0 spiro atoms. The Kier molecular flexibility index (Phi) is 4.64. The van der Waals surface area contributed by atoms with E-state index >= 15 is 0 Å². The summed E-state index contributed by atoms with van der Waals surface area (Å²) in [6, 6.07) is 5.09. The zero-order chi connectivity index (χ0) is 14.0. The van der Waals surface area contributed by atoms with E-state index in [9.17, 15) is 8.42 Å². The van der Waals surface area contributed by atoms with Gasteiger partial charge in [-0.2, -0.15) is 0 Å². The van der Waals surface area contributed by atoms with Crippen molar-refractivity contribution in [2.24, 2.45) is 0 Å². The van der Waals surface area contributed by atoms with Crippen molar-refractivity contribution in [3.05, 3.63) is 28.8 Å². The van der Waals surface area contributed by atoms with Crippen LogP contribution >= 0.6 is 23.2 Å². The van der Waals surface area contributed by atoms with E-state index in [0.717, 1.165) is 12.8 Å². The minimum Gasteiger partial charge on any atom is -0.496 e. The molecule has 6 heteroatoms. The Morgan fingerprint density at radius 1 is 1.37 bits per heavy atom. The molecule has 3 nitrogen and oxygen atoms in total. The topological polar surface area (TPSA) is 43.4 Å². The number of benzene rings is 1. The molecule has 1 aliphatic rings. The molecular formula is C13H16Cl2O3S. The highest BCUT2D eigenvalue weighted by Crippen LogP contribution is 2.40. The van der Waals surface area contributed by atoms with Crippen LogP contribution in [-0.4, -0.2) is 26.5 Å². The standard InChI is InChI=1S/C13H16Cl2O3S/c1-18-11-6-5-9(14)8-10(11)13(15)12-4-2-3-7-19(12,16)17/h5-6,8,12-13H,2-4,7H2,1H3. The highest BCUT2D eigenvalue weighted by Gasteiger charge is 2.36. The van der Waals surface area contributed by atoms with Crippen molar-refractivity contribution in [2.75, 3.05) is 12.9 Å². The number of methoxy groups -OCH3 is 1. The van der Waals surface area contributed by atoms with Gasteiger partial charge in [0.15, 0.2) is 9.84 Å². The van der Waals surface area contributed by atoms with Crippen molar-refractivity contribution >= 4 is 33.0 Å². The first-order valence-corrected chi connectivity index (χ1v) is 8.68. The van der Waals surface area contributed by atoms with E-state index in [1.54, 1.807) is 18.2 Å². The van der Waals surface area contributed by atoms with Crippen LogP contribution in [0.25, 0.3) is 0 Å². The van der Waals surface area contributed by atoms with Crippen LogP contribution in [0.5, 0.6) is 5.75 Å². The largest absolute Gasteiger partial charge is 0.496 e. The van der Waals surface area contributed by atoms with E-state index in [1.807, 2.05) is 0 Å². The lowest BCUT2D eigenvalue weighted by Gasteiger charge is -2.27. The maximum absolute atomic E-state index is 12.1. The van der Waals surface area contributed by atoms with Crippen molar-refractivity contribution in [1.29, 1.82) is 0 Å². The molecule has 0 aliphatic carbocycles. The fourth-order valence-electron chi connectivity index (χ4n) is 2.43. The van der Waals surface area contributed by atoms with Crippen molar-refractivity contribution in [1.82, 2.24) is 0 Å². The quantitative estimate of drug-likeness (QED) is 0.798. The molecule has 0 bridgehead atoms. The number of sulfone groups is 1. The van der Waals surface area contributed by atoms with Crippen LogP contribution in [0.4, 0.5) is 0 Å². The molecule has 19 heavy (non-hydrogen) atoms. The lowest BCUT2D eigenvalue weighted by molar-refractivity contribution is 0.407.